The van der Waals surface area contributed by atoms with Crippen molar-refractivity contribution in [1.29, 1.82) is 0 Å². The molecular weight excluding hydrogens is 410 g/mol. The van der Waals surface area contributed by atoms with E-state index in [0.717, 1.165) is 47.0 Å². The molecule has 1 fully saturated rings. The van der Waals surface area contributed by atoms with E-state index in [1.54, 1.807) is 0 Å². The van der Waals surface area contributed by atoms with E-state index in [1.165, 1.54) is 10.8 Å². The van der Waals surface area contributed by atoms with Crippen LogP contribution in [0.3, 0.4) is 0 Å². The molecule has 1 saturated heterocycles. The van der Waals surface area contributed by atoms with Crippen molar-refractivity contribution in [3.63, 3.8) is 0 Å². The number of urea groups is 1. The van der Waals surface area contributed by atoms with Gasteiger partial charge in [0.05, 0.1) is 5.69 Å². The molecule has 0 unspecified atom stereocenters. The highest BCUT2D eigenvalue weighted by Crippen LogP contribution is 2.27. The molecule has 1 aliphatic rings. The second-order valence-corrected chi connectivity index (χ2v) is 8.53. The highest BCUT2D eigenvalue weighted by molar-refractivity contribution is 5.95. The van der Waals surface area contributed by atoms with Gasteiger partial charge in [-0.3, -0.25) is 0 Å². The lowest BCUT2D eigenvalue weighted by Crippen LogP contribution is -2.50. The Morgan fingerprint density at radius 3 is 2.42 bits per heavy atom. The molecule has 1 N–H and O–H groups in total. The first-order valence-electron chi connectivity index (χ1n) is 11.3. The van der Waals surface area contributed by atoms with Crippen molar-refractivity contribution in [2.45, 2.75) is 13.8 Å². The third kappa shape index (κ3) is 4.37. The van der Waals surface area contributed by atoms with Gasteiger partial charge in [-0.15, -0.1) is 10.2 Å². The van der Waals surface area contributed by atoms with Crippen LogP contribution in [0.2, 0.25) is 0 Å². The summed E-state index contributed by atoms with van der Waals surface area (Å²) in [6.07, 6.45) is 0. The fourth-order valence-corrected chi connectivity index (χ4v) is 4.29. The zero-order chi connectivity index (χ0) is 22.8. The van der Waals surface area contributed by atoms with Gasteiger partial charge in [0.15, 0.2) is 5.82 Å². The van der Waals surface area contributed by atoms with Crippen molar-refractivity contribution >= 4 is 28.3 Å². The average Bonchev–Trinajstić information content (AvgIpc) is 2.86. The van der Waals surface area contributed by atoms with E-state index in [4.69, 9.17) is 0 Å². The van der Waals surface area contributed by atoms with Gasteiger partial charge in [-0.25, -0.2) is 4.79 Å². The lowest BCUT2D eigenvalue weighted by Gasteiger charge is -2.35. The van der Waals surface area contributed by atoms with Crippen LogP contribution >= 0.6 is 0 Å². The Labute approximate surface area is 193 Å². The maximum atomic E-state index is 12.8. The molecule has 0 atom stereocenters. The SMILES string of the molecule is Cc1ccc(C)c(NC(=O)N2CCN(c3ccc(-c4cccc5ccccc45)nn3)CC2)c1. The molecule has 1 aliphatic heterocycles. The van der Waals surface area contributed by atoms with E-state index < -0.39 is 0 Å². The standard InChI is InChI=1S/C27H27N5O/c1-19-10-11-20(2)25(18-19)28-27(33)32-16-14-31(15-17-32)26-13-12-24(29-30-26)23-9-5-7-21-6-3-4-8-22(21)23/h3-13,18H,14-17H2,1-2H3,(H,28,33). The number of fused-ring (bicyclic) bond motifs is 1. The molecule has 6 heteroatoms. The third-order valence-electron chi connectivity index (χ3n) is 6.24. The average molecular weight is 438 g/mol. The number of amides is 2. The molecule has 2 heterocycles. The minimum Gasteiger partial charge on any atom is -0.352 e. The Balaban J connectivity index is 1.24. The molecule has 0 bridgehead atoms. The van der Waals surface area contributed by atoms with Gasteiger partial charge in [-0.2, -0.15) is 0 Å². The van der Waals surface area contributed by atoms with Crippen LogP contribution in [-0.2, 0) is 0 Å². The highest BCUT2D eigenvalue weighted by atomic mass is 16.2. The number of aromatic nitrogens is 2. The zero-order valence-corrected chi connectivity index (χ0v) is 19.0. The van der Waals surface area contributed by atoms with Crippen LogP contribution in [0, 0.1) is 13.8 Å². The second-order valence-electron chi connectivity index (χ2n) is 8.53. The van der Waals surface area contributed by atoms with Crippen molar-refractivity contribution in [2.24, 2.45) is 0 Å². The van der Waals surface area contributed by atoms with Crippen LogP contribution in [-0.4, -0.2) is 47.3 Å². The van der Waals surface area contributed by atoms with Crippen LogP contribution in [0.5, 0.6) is 0 Å². The van der Waals surface area contributed by atoms with Crippen molar-refractivity contribution in [1.82, 2.24) is 15.1 Å². The summed E-state index contributed by atoms with van der Waals surface area (Å²) in [4.78, 5) is 16.8. The third-order valence-corrected chi connectivity index (χ3v) is 6.24. The van der Waals surface area contributed by atoms with E-state index >= 15 is 0 Å². The number of benzene rings is 3. The van der Waals surface area contributed by atoms with Gasteiger partial charge in [0.1, 0.15) is 0 Å². The van der Waals surface area contributed by atoms with Crippen LogP contribution in [0.25, 0.3) is 22.0 Å². The Morgan fingerprint density at radius 1 is 0.848 bits per heavy atom. The number of aryl methyl sites for hydroxylation is 2. The van der Waals surface area contributed by atoms with Crippen molar-refractivity contribution in [3.8, 4) is 11.3 Å². The minimum atomic E-state index is -0.0549. The van der Waals surface area contributed by atoms with Gasteiger partial charge in [0.25, 0.3) is 0 Å². The number of carbonyl (C=O) groups is 1. The molecule has 5 rings (SSSR count). The molecule has 0 saturated carbocycles. The first-order chi connectivity index (χ1) is 16.1. The molecule has 33 heavy (non-hydrogen) atoms. The summed E-state index contributed by atoms with van der Waals surface area (Å²) in [5.74, 6) is 0.841. The maximum absolute atomic E-state index is 12.8. The Kier molecular flexibility index (Phi) is 5.65. The zero-order valence-electron chi connectivity index (χ0n) is 19.0. The molecule has 1 aromatic heterocycles. The number of piperazine rings is 1. The first kappa shape index (κ1) is 20.9. The van der Waals surface area contributed by atoms with Gasteiger partial charge in [0.2, 0.25) is 0 Å². The number of carbonyl (C=O) groups excluding carboxylic acids is 1. The van der Waals surface area contributed by atoms with Gasteiger partial charge >= 0.3 is 6.03 Å². The Morgan fingerprint density at radius 2 is 1.64 bits per heavy atom. The summed E-state index contributed by atoms with van der Waals surface area (Å²) < 4.78 is 0. The predicted octanol–water partition coefficient (Wildman–Crippen LogP) is 5.27. The number of nitrogens with one attached hydrogen (secondary N) is 1. The molecule has 3 aromatic carbocycles. The monoisotopic (exact) mass is 437 g/mol. The van der Waals surface area contributed by atoms with Crippen molar-refractivity contribution in [2.75, 3.05) is 36.4 Å². The molecule has 0 radical (unpaired) electrons. The second kappa shape index (κ2) is 8.90. The Hall–Kier alpha value is -3.93. The first-order valence-corrected chi connectivity index (χ1v) is 11.3. The van der Waals surface area contributed by atoms with E-state index in [9.17, 15) is 4.79 Å². The molecule has 166 valence electrons. The lowest BCUT2D eigenvalue weighted by molar-refractivity contribution is 0.208. The van der Waals surface area contributed by atoms with Crippen LogP contribution in [0.15, 0.2) is 72.8 Å². The summed E-state index contributed by atoms with van der Waals surface area (Å²) in [7, 11) is 0. The van der Waals surface area contributed by atoms with E-state index in [-0.39, 0.29) is 6.03 Å². The fraction of sp³-hybridized carbons (Fsp3) is 0.222. The van der Waals surface area contributed by atoms with Crippen molar-refractivity contribution in [3.05, 3.63) is 83.9 Å². The molecule has 4 aromatic rings. The minimum absolute atomic E-state index is 0.0549. The molecular formula is C27H27N5O. The number of anilines is 2. The molecule has 2 amide bonds. The smallest absolute Gasteiger partial charge is 0.321 e. The quantitative estimate of drug-likeness (QED) is 0.474. The largest absolute Gasteiger partial charge is 0.352 e. The maximum Gasteiger partial charge on any atom is 0.321 e. The Bertz CT molecular complexity index is 1290. The number of hydrogen-bond acceptors (Lipinski definition) is 4. The van der Waals surface area contributed by atoms with Gasteiger partial charge in [-0.1, -0.05) is 54.6 Å². The fourth-order valence-electron chi connectivity index (χ4n) is 4.29. The summed E-state index contributed by atoms with van der Waals surface area (Å²) >= 11 is 0. The van der Waals surface area contributed by atoms with Crippen molar-refractivity contribution < 1.29 is 4.79 Å². The number of rotatable bonds is 3. The number of hydrogen-bond donors (Lipinski definition) is 1. The van der Waals surface area contributed by atoms with Gasteiger partial charge in [0, 0.05) is 37.4 Å². The van der Waals surface area contributed by atoms with Gasteiger partial charge < -0.3 is 15.1 Å². The highest BCUT2D eigenvalue weighted by Gasteiger charge is 2.22. The number of nitrogens with zero attached hydrogens (tertiary/aromatic N) is 4. The molecule has 0 spiro atoms. The molecule has 6 nitrogen and oxygen atoms in total. The van der Waals surface area contributed by atoms with Crippen LogP contribution < -0.4 is 10.2 Å². The molecule has 0 aliphatic carbocycles. The topological polar surface area (TPSA) is 61.4 Å². The predicted molar refractivity (Wildman–Crippen MR) is 134 cm³/mol. The summed E-state index contributed by atoms with van der Waals surface area (Å²) in [5, 5.41) is 14.4. The normalized spacial score (nSPS) is 13.9. The van der Waals surface area contributed by atoms with E-state index in [1.807, 2.05) is 55.1 Å². The lowest BCUT2D eigenvalue weighted by atomic mass is 10.0. The summed E-state index contributed by atoms with van der Waals surface area (Å²) in [6.45, 7) is 6.77. The van der Waals surface area contributed by atoms with Crippen LogP contribution in [0.4, 0.5) is 16.3 Å². The van der Waals surface area contributed by atoms with Gasteiger partial charge in [-0.05, 0) is 53.9 Å². The van der Waals surface area contributed by atoms with E-state index in [0.29, 0.717) is 13.1 Å². The summed E-state index contributed by atoms with van der Waals surface area (Å²) in [6, 6.07) is 24.6. The van der Waals surface area contributed by atoms with E-state index in [2.05, 4.69) is 56.8 Å². The van der Waals surface area contributed by atoms with Crippen LogP contribution in [0.1, 0.15) is 11.1 Å². The summed E-state index contributed by atoms with van der Waals surface area (Å²) in [5.41, 5.74) is 5.01.